The summed E-state index contributed by atoms with van der Waals surface area (Å²) in [4.78, 5) is 14.6. The molecule has 3 N–H and O–H groups in total. The Morgan fingerprint density at radius 2 is 1.85 bits per heavy atom. The Hall–Kier alpha value is -4.12. The molecular formula is C22H17F2N5O3S. The van der Waals surface area contributed by atoms with E-state index in [1.165, 1.54) is 25.3 Å². The first-order valence-corrected chi connectivity index (χ1v) is 11.1. The number of hydrogen-bond donors (Lipinski definition) is 3. The molecule has 2 heterocycles. The maximum atomic E-state index is 14.0. The molecule has 8 nitrogen and oxygen atoms in total. The molecule has 33 heavy (non-hydrogen) atoms. The number of carbonyl (C=O) groups excluding carboxylic acids is 1. The number of halogens is 2. The van der Waals surface area contributed by atoms with Crippen LogP contribution in [0.3, 0.4) is 0 Å². The van der Waals surface area contributed by atoms with Gasteiger partial charge in [-0.15, -0.1) is 0 Å². The number of nitrogens with one attached hydrogen (secondary N) is 3. The van der Waals surface area contributed by atoms with Gasteiger partial charge in [0.25, 0.3) is 10.0 Å². The highest BCUT2D eigenvalue weighted by Gasteiger charge is 2.21. The fourth-order valence-corrected chi connectivity index (χ4v) is 4.34. The molecule has 0 saturated carbocycles. The summed E-state index contributed by atoms with van der Waals surface area (Å²) in [6.07, 6.45) is 3.12. The second-order valence-electron chi connectivity index (χ2n) is 7.03. The van der Waals surface area contributed by atoms with Crippen LogP contribution in [0.5, 0.6) is 0 Å². The quantitative estimate of drug-likeness (QED) is 0.392. The minimum Gasteiger partial charge on any atom is -0.311 e. The molecule has 168 valence electrons. The van der Waals surface area contributed by atoms with Crippen molar-refractivity contribution in [3.63, 3.8) is 0 Å². The molecule has 0 bridgehead atoms. The zero-order valence-electron chi connectivity index (χ0n) is 17.1. The van der Waals surface area contributed by atoms with Gasteiger partial charge in [-0.25, -0.2) is 22.2 Å². The van der Waals surface area contributed by atoms with Gasteiger partial charge in [-0.05, 0) is 48.0 Å². The Bertz CT molecular complexity index is 1450. The van der Waals surface area contributed by atoms with Gasteiger partial charge in [-0.3, -0.25) is 14.6 Å². The fourth-order valence-electron chi connectivity index (χ4n) is 3.20. The van der Waals surface area contributed by atoms with Crippen LogP contribution < -0.4 is 10.0 Å². The average molecular weight is 469 g/mol. The maximum absolute atomic E-state index is 14.0. The van der Waals surface area contributed by atoms with Gasteiger partial charge < -0.3 is 5.32 Å². The lowest BCUT2D eigenvalue weighted by Gasteiger charge is -2.11. The zero-order chi connectivity index (χ0) is 23.6. The number of benzene rings is 2. The smallest absolute Gasteiger partial charge is 0.264 e. The Morgan fingerprint density at radius 3 is 2.64 bits per heavy atom. The van der Waals surface area contributed by atoms with Gasteiger partial charge in [-0.2, -0.15) is 5.10 Å². The van der Waals surface area contributed by atoms with Gasteiger partial charge in [0.15, 0.2) is 0 Å². The summed E-state index contributed by atoms with van der Waals surface area (Å²) in [5.41, 5.74) is 2.70. The molecule has 1 amide bonds. The standard InChI is InChI=1S/C22H17F2N5O3S/c1-13(30)27-21-10-14(7-8-25-21)18-12-26-28-22(18)15-3-2-4-17(9-15)29-33(31,32)20-11-16(23)5-6-19(20)24/h2-12,29H,1H3,(H,26,28)(H,25,27,30). The van der Waals surface area contributed by atoms with Gasteiger partial charge in [0, 0.05) is 29.9 Å². The van der Waals surface area contributed by atoms with Crippen LogP contribution in [0.1, 0.15) is 6.92 Å². The van der Waals surface area contributed by atoms with E-state index >= 15 is 0 Å². The average Bonchev–Trinajstić information content (AvgIpc) is 3.25. The van der Waals surface area contributed by atoms with Gasteiger partial charge in [0.05, 0.1) is 11.9 Å². The molecule has 0 aliphatic heterocycles. The largest absolute Gasteiger partial charge is 0.311 e. The van der Waals surface area contributed by atoms with Crippen LogP contribution in [0, 0.1) is 11.6 Å². The van der Waals surface area contributed by atoms with E-state index in [2.05, 4.69) is 25.2 Å². The highest BCUT2D eigenvalue weighted by atomic mass is 32.2. The molecule has 4 rings (SSSR count). The van der Waals surface area contributed by atoms with E-state index in [4.69, 9.17) is 0 Å². The monoisotopic (exact) mass is 469 g/mol. The van der Waals surface area contributed by atoms with Gasteiger partial charge in [-0.1, -0.05) is 12.1 Å². The number of H-pyrrole nitrogens is 1. The zero-order valence-corrected chi connectivity index (χ0v) is 18.0. The SMILES string of the molecule is CC(=O)Nc1cc(-c2cn[nH]c2-c2cccc(NS(=O)(=O)c3cc(F)ccc3F)c2)ccn1. The number of amides is 1. The Balaban J connectivity index is 1.67. The highest BCUT2D eigenvalue weighted by molar-refractivity contribution is 7.92. The molecule has 0 fully saturated rings. The summed E-state index contributed by atoms with van der Waals surface area (Å²) in [5.74, 6) is -1.83. The van der Waals surface area contributed by atoms with Crippen molar-refractivity contribution in [3.05, 3.63) is 78.6 Å². The summed E-state index contributed by atoms with van der Waals surface area (Å²) in [6, 6.07) is 12.0. The first kappa shape index (κ1) is 22.1. The number of aromatic nitrogens is 3. The van der Waals surface area contributed by atoms with Crippen molar-refractivity contribution < 1.29 is 22.0 Å². The molecule has 0 unspecified atom stereocenters. The van der Waals surface area contributed by atoms with Crippen LogP contribution in [0.2, 0.25) is 0 Å². The maximum Gasteiger partial charge on any atom is 0.264 e. The van der Waals surface area contributed by atoms with Crippen LogP contribution in [0.25, 0.3) is 22.4 Å². The molecule has 2 aromatic carbocycles. The highest BCUT2D eigenvalue weighted by Crippen LogP contribution is 2.32. The second kappa shape index (κ2) is 8.79. The molecule has 0 atom stereocenters. The Kier molecular flexibility index (Phi) is 5.88. The number of rotatable bonds is 6. The number of anilines is 2. The number of pyridine rings is 1. The molecule has 4 aromatic rings. The molecule has 0 radical (unpaired) electrons. The third-order valence-electron chi connectivity index (χ3n) is 4.60. The summed E-state index contributed by atoms with van der Waals surface area (Å²) in [6.45, 7) is 1.37. The minimum absolute atomic E-state index is 0.144. The lowest BCUT2D eigenvalue weighted by Crippen LogP contribution is -2.15. The summed E-state index contributed by atoms with van der Waals surface area (Å²) in [7, 11) is -4.37. The lowest BCUT2D eigenvalue weighted by atomic mass is 10.0. The third-order valence-corrected chi connectivity index (χ3v) is 6.00. The number of nitrogens with zero attached hydrogens (tertiary/aromatic N) is 2. The van der Waals surface area contributed by atoms with Crippen LogP contribution >= 0.6 is 0 Å². The summed E-state index contributed by atoms with van der Waals surface area (Å²) >= 11 is 0. The Labute approximate surface area is 187 Å². The first-order chi connectivity index (χ1) is 15.7. The van der Waals surface area contributed by atoms with Gasteiger partial charge in [0.2, 0.25) is 5.91 Å². The van der Waals surface area contributed by atoms with E-state index in [0.717, 1.165) is 12.1 Å². The topological polar surface area (TPSA) is 117 Å². The number of aromatic amines is 1. The summed E-state index contributed by atoms with van der Waals surface area (Å²) < 4.78 is 54.9. The Morgan fingerprint density at radius 1 is 1.03 bits per heavy atom. The lowest BCUT2D eigenvalue weighted by molar-refractivity contribution is -0.114. The minimum atomic E-state index is -4.37. The molecule has 0 saturated heterocycles. The van der Waals surface area contributed by atoms with Crippen molar-refractivity contribution in [3.8, 4) is 22.4 Å². The van der Waals surface area contributed by atoms with Crippen LogP contribution in [-0.2, 0) is 14.8 Å². The van der Waals surface area contributed by atoms with E-state index in [1.54, 1.807) is 30.5 Å². The van der Waals surface area contributed by atoms with Crippen molar-refractivity contribution >= 4 is 27.4 Å². The van der Waals surface area contributed by atoms with Crippen LogP contribution in [-0.4, -0.2) is 29.5 Å². The number of hydrogen-bond acceptors (Lipinski definition) is 5. The van der Waals surface area contributed by atoms with Crippen LogP contribution in [0.15, 0.2) is 71.9 Å². The third kappa shape index (κ3) is 4.88. The first-order valence-electron chi connectivity index (χ1n) is 9.58. The molecule has 2 aromatic heterocycles. The molecule has 11 heteroatoms. The fraction of sp³-hybridized carbons (Fsp3) is 0.0455. The van der Waals surface area contributed by atoms with E-state index in [-0.39, 0.29) is 11.6 Å². The number of carbonyl (C=O) groups is 1. The molecular weight excluding hydrogens is 452 g/mol. The predicted octanol–water partition coefficient (Wildman–Crippen LogP) is 4.18. The molecule has 0 spiro atoms. The summed E-state index contributed by atoms with van der Waals surface area (Å²) in [5, 5.41) is 9.56. The normalized spacial score (nSPS) is 11.2. The predicted molar refractivity (Wildman–Crippen MR) is 119 cm³/mol. The molecule has 0 aliphatic carbocycles. The van der Waals surface area contributed by atoms with Crippen molar-refractivity contribution in [1.29, 1.82) is 0 Å². The molecule has 0 aliphatic rings. The van der Waals surface area contributed by atoms with Gasteiger partial charge in [0.1, 0.15) is 22.3 Å². The van der Waals surface area contributed by atoms with E-state index in [1.807, 2.05) is 0 Å². The van der Waals surface area contributed by atoms with Crippen molar-refractivity contribution in [2.45, 2.75) is 11.8 Å². The van der Waals surface area contributed by atoms with Crippen molar-refractivity contribution in [2.24, 2.45) is 0 Å². The van der Waals surface area contributed by atoms with Crippen molar-refractivity contribution in [1.82, 2.24) is 15.2 Å². The number of sulfonamides is 1. The van der Waals surface area contributed by atoms with Crippen molar-refractivity contribution in [2.75, 3.05) is 10.0 Å². The van der Waals surface area contributed by atoms with E-state index in [0.29, 0.717) is 34.3 Å². The van der Waals surface area contributed by atoms with Crippen LogP contribution in [0.4, 0.5) is 20.3 Å². The van der Waals surface area contributed by atoms with E-state index < -0.39 is 26.6 Å². The van der Waals surface area contributed by atoms with E-state index in [9.17, 15) is 22.0 Å². The van der Waals surface area contributed by atoms with Gasteiger partial charge >= 0.3 is 0 Å². The second-order valence-corrected chi connectivity index (χ2v) is 8.68.